The van der Waals surface area contributed by atoms with Crippen LogP contribution in [0, 0.1) is 5.92 Å². The Morgan fingerprint density at radius 2 is 1.17 bits per heavy atom. The van der Waals surface area contributed by atoms with Crippen LogP contribution in [0.3, 0.4) is 0 Å². The summed E-state index contributed by atoms with van der Waals surface area (Å²) in [6.45, 7) is 0. The molecule has 2 aromatic carbocycles. The summed E-state index contributed by atoms with van der Waals surface area (Å²) in [6, 6.07) is 9.83. The summed E-state index contributed by atoms with van der Waals surface area (Å²) in [5.74, 6) is -3.48. The van der Waals surface area contributed by atoms with Crippen molar-refractivity contribution < 1.29 is 50.2 Å². The summed E-state index contributed by atoms with van der Waals surface area (Å²) in [4.78, 5) is 35.8. The number of ether oxygens (including phenoxy) is 3. The molecule has 9 nitrogen and oxygen atoms in total. The number of methoxy groups -OCH3 is 3. The highest BCUT2D eigenvalue weighted by atomic mass is 32.2. The summed E-state index contributed by atoms with van der Waals surface area (Å²) in [6.07, 6.45) is -0.138. The molecule has 0 saturated heterocycles. The fourth-order valence-electron chi connectivity index (χ4n) is 3.40. The molecule has 0 aliphatic heterocycles. The number of alkyl halides is 3. The van der Waals surface area contributed by atoms with Gasteiger partial charge < -0.3 is 14.2 Å². The van der Waals surface area contributed by atoms with Gasteiger partial charge in [0.1, 0.15) is 6.04 Å². The molecule has 0 heterocycles. The van der Waals surface area contributed by atoms with Crippen LogP contribution in [0.4, 0.5) is 13.2 Å². The van der Waals surface area contributed by atoms with E-state index in [-0.39, 0.29) is 24.0 Å². The largest absolute Gasteiger partial charge is 0.511 e. The van der Waals surface area contributed by atoms with E-state index >= 15 is 0 Å². The second kappa shape index (κ2) is 12.0. The molecular weight excluding hydrogens is 507 g/mol. The molecule has 0 aliphatic rings. The Balaban J connectivity index is 2.46. The zero-order chi connectivity index (χ0) is 27.1. The first kappa shape index (κ1) is 28.8. The second-order valence-electron chi connectivity index (χ2n) is 7.61. The zero-order valence-corrected chi connectivity index (χ0v) is 20.3. The van der Waals surface area contributed by atoms with Gasteiger partial charge in [0.05, 0.1) is 32.5 Å². The van der Waals surface area contributed by atoms with Crippen LogP contribution in [0.15, 0.2) is 48.5 Å². The summed E-state index contributed by atoms with van der Waals surface area (Å²) < 4.78 is 78.3. The molecular formula is C23H24F3NO8S. The Morgan fingerprint density at radius 1 is 0.778 bits per heavy atom. The predicted octanol–water partition coefficient (Wildman–Crippen LogP) is 2.64. The number of hydrogen-bond donors (Lipinski definition) is 1. The first-order valence-corrected chi connectivity index (χ1v) is 11.8. The van der Waals surface area contributed by atoms with E-state index in [2.05, 4.69) is 14.2 Å². The fraction of sp³-hybridized carbons (Fsp3) is 0.348. The van der Waals surface area contributed by atoms with Gasteiger partial charge in [0, 0.05) is 0 Å². The van der Waals surface area contributed by atoms with E-state index in [1.165, 1.54) is 67.5 Å². The number of rotatable bonds is 10. The molecule has 0 saturated carbocycles. The lowest BCUT2D eigenvalue weighted by Gasteiger charge is -2.27. The average molecular weight is 532 g/mol. The highest BCUT2D eigenvalue weighted by Crippen LogP contribution is 2.26. The third-order valence-electron chi connectivity index (χ3n) is 5.26. The minimum atomic E-state index is -5.90. The summed E-state index contributed by atoms with van der Waals surface area (Å²) in [5.41, 5.74) is -4.22. The molecule has 1 N–H and O–H groups in total. The van der Waals surface area contributed by atoms with E-state index in [9.17, 15) is 36.0 Å². The molecule has 0 radical (unpaired) electrons. The normalized spacial score (nSPS) is 12.6. The van der Waals surface area contributed by atoms with Crippen molar-refractivity contribution in [1.82, 2.24) is 4.72 Å². The smallest absolute Gasteiger partial charge is 0.468 e. The average Bonchev–Trinajstić information content (AvgIpc) is 2.85. The van der Waals surface area contributed by atoms with Crippen molar-refractivity contribution in [2.45, 2.75) is 24.4 Å². The van der Waals surface area contributed by atoms with Crippen LogP contribution >= 0.6 is 0 Å². The molecule has 0 amide bonds. The van der Waals surface area contributed by atoms with Crippen molar-refractivity contribution in [2.75, 3.05) is 21.3 Å². The molecule has 13 heteroatoms. The number of nitrogens with one attached hydrogen (secondary N) is 1. The maximum atomic E-state index is 13.1. The molecule has 1 atom stereocenters. The number of esters is 3. The maximum absolute atomic E-state index is 13.1. The summed E-state index contributed by atoms with van der Waals surface area (Å²) in [7, 11) is -2.58. The Bertz CT molecular complexity index is 1120. The Hall–Kier alpha value is -3.45. The lowest BCUT2D eigenvalue weighted by atomic mass is 9.86. The Morgan fingerprint density at radius 3 is 1.47 bits per heavy atom. The standard InChI is InChI=1S/C23H24F3NO8S/c1-33-20(28)16-8-4-14(5-9-16)12-18(13-15-6-10-17(11-7-15)21(29)34-2)19(22(30)35-3)27-36(31,32)23(24,25)26/h4-11,18-19,27H,12-13H2,1-3H3/t19-/m0/s1. The maximum Gasteiger partial charge on any atom is 0.511 e. The molecule has 196 valence electrons. The van der Waals surface area contributed by atoms with E-state index in [1.807, 2.05) is 0 Å². The summed E-state index contributed by atoms with van der Waals surface area (Å²) in [5, 5.41) is 0. The van der Waals surface area contributed by atoms with Crippen LogP contribution in [0.5, 0.6) is 0 Å². The molecule has 0 fully saturated rings. The van der Waals surface area contributed by atoms with Crippen LogP contribution in [0.2, 0.25) is 0 Å². The van der Waals surface area contributed by atoms with Gasteiger partial charge in [-0.25, -0.2) is 18.0 Å². The van der Waals surface area contributed by atoms with E-state index < -0.39 is 45.4 Å². The van der Waals surface area contributed by atoms with Gasteiger partial charge >= 0.3 is 33.4 Å². The number of carbonyl (C=O) groups excluding carboxylic acids is 3. The van der Waals surface area contributed by atoms with Crippen molar-refractivity contribution in [1.29, 1.82) is 0 Å². The molecule has 2 rings (SSSR count). The quantitative estimate of drug-likeness (QED) is 0.367. The molecule has 0 aromatic heterocycles. The predicted molar refractivity (Wildman–Crippen MR) is 120 cm³/mol. The molecule has 0 spiro atoms. The van der Waals surface area contributed by atoms with Crippen molar-refractivity contribution in [2.24, 2.45) is 5.92 Å². The van der Waals surface area contributed by atoms with Gasteiger partial charge in [-0.2, -0.15) is 17.9 Å². The minimum Gasteiger partial charge on any atom is -0.468 e. The molecule has 0 bridgehead atoms. The van der Waals surface area contributed by atoms with Crippen LogP contribution in [0.1, 0.15) is 31.8 Å². The van der Waals surface area contributed by atoms with Crippen LogP contribution < -0.4 is 4.72 Å². The number of hydrogen-bond acceptors (Lipinski definition) is 8. The SMILES string of the molecule is COC(=O)c1ccc(CC(Cc2ccc(C(=O)OC)cc2)[C@H](NS(=O)(=O)C(F)(F)F)C(=O)OC)cc1. The Labute approximate surface area is 205 Å². The van der Waals surface area contributed by atoms with Gasteiger partial charge in [0.15, 0.2) is 0 Å². The first-order valence-electron chi connectivity index (χ1n) is 10.3. The highest BCUT2D eigenvalue weighted by molar-refractivity contribution is 7.90. The van der Waals surface area contributed by atoms with E-state index in [4.69, 9.17) is 0 Å². The molecule has 0 aliphatic carbocycles. The fourth-order valence-corrected chi connectivity index (χ4v) is 4.16. The van der Waals surface area contributed by atoms with Crippen molar-refractivity contribution >= 4 is 27.9 Å². The second-order valence-corrected chi connectivity index (χ2v) is 9.32. The van der Waals surface area contributed by atoms with E-state index in [0.717, 1.165) is 7.11 Å². The van der Waals surface area contributed by atoms with Crippen molar-refractivity contribution in [3.8, 4) is 0 Å². The first-order chi connectivity index (χ1) is 16.8. The third kappa shape index (κ3) is 7.28. The number of halogens is 3. The Kier molecular flexibility index (Phi) is 9.59. The highest BCUT2D eigenvalue weighted by Gasteiger charge is 2.49. The van der Waals surface area contributed by atoms with Crippen LogP contribution in [-0.4, -0.2) is 59.2 Å². The van der Waals surface area contributed by atoms with Gasteiger partial charge in [-0.1, -0.05) is 24.3 Å². The topological polar surface area (TPSA) is 125 Å². The van der Waals surface area contributed by atoms with Gasteiger partial charge in [-0.05, 0) is 54.2 Å². The number of benzene rings is 2. The lowest BCUT2D eigenvalue weighted by molar-refractivity contribution is -0.144. The lowest BCUT2D eigenvalue weighted by Crippen LogP contribution is -2.51. The van der Waals surface area contributed by atoms with E-state index in [0.29, 0.717) is 11.1 Å². The van der Waals surface area contributed by atoms with Crippen molar-refractivity contribution in [3.63, 3.8) is 0 Å². The van der Waals surface area contributed by atoms with Crippen molar-refractivity contribution in [3.05, 3.63) is 70.8 Å². The summed E-state index contributed by atoms with van der Waals surface area (Å²) >= 11 is 0. The monoisotopic (exact) mass is 531 g/mol. The van der Waals surface area contributed by atoms with Gasteiger partial charge in [-0.15, -0.1) is 0 Å². The van der Waals surface area contributed by atoms with Crippen LogP contribution in [-0.2, 0) is 41.9 Å². The molecule has 2 aromatic rings. The van der Waals surface area contributed by atoms with Gasteiger partial charge in [-0.3, -0.25) is 4.79 Å². The molecule has 0 unspecified atom stereocenters. The zero-order valence-electron chi connectivity index (χ0n) is 19.5. The number of sulfonamides is 1. The van der Waals surface area contributed by atoms with E-state index in [1.54, 1.807) is 0 Å². The molecule has 36 heavy (non-hydrogen) atoms. The third-order valence-corrected chi connectivity index (χ3v) is 6.43. The van der Waals surface area contributed by atoms with Gasteiger partial charge in [0.2, 0.25) is 0 Å². The van der Waals surface area contributed by atoms with Crippen LogP contribution in [0.25, 0.3) is 0 Å². The minimum absolute atomic E-state index is 0.0691. The van der Waals surface area contributed by atoms with Gasteiger partial charge in [0.25, 0.3) is 0 Å². The number of carbonyl (C=O) groups is 3.